The van der Waals surface area contributed by atoms with Crippen molar-refractivity contribution in [3.63, 3.8) is 0 Å². The van der Waals surface area contributed by atoms with Gasteiger partial charge in [0.2, 0.25) is 5.89 Å². The summed E-state index contributed by atoms with van der Waals surface area (Å²) in [6, 6.07) is -1.02. The fourth-order valence-electron chi connectivity index (χ4n) is 2.70. The Labute approximate surface area is 191 Å². The SMILES string of the molecule is COC(=O)c1nc([C@H](C)NC(=O)c2csc([C@H](NC(=O)OC(C)(C)C)C(C)C)n2)oc1C. The molecule has 2 aromatic heterocycles. The van der Waals surface area contributed by atoms with E-state index in [1.165, 1.54) is 18.4 Å². The minimum Gasteiger partial charge on any atom is -0.464 e. The highest BCUT2D eigenvalue weighted by Gasteiger charge is 2.27. The third-order valence-electron chi connectivity index (χ3n) is 4.27. The number of carbonyl (C=O) groups is 3. The average molecular weight is 467 g/mol. The summed E-state index contributed by atoms with van der Waals surface area (Å²) in [5, 5.41) is 7.77. The predicted molar refractivity (Wildman–Crippen MR) is 118 cm³/mol. The number of hydrogen-bond donors (Lipinski definition) is 2. The number of alkyl carbamates (subject to hydrolysis) is 1. The van der Waals surface area contributed by atoms with E-state index in [9.17, 15) is 14.4 Å². The largest absolute Gasteiger partial charge is 0.464 e. The molecule has 2 rings (SSSR count). The second-order valence-corrected chi connectivity index (χ2v) is 9.47. The van der Waals surface area contributed by atoms with Crippen LogP contribution < -0.4 is 10.6 Å². The second kappa shape index (κ2) is 10.1. The van der Waals surface area contributed by atoms with Gasteiger partial charge in [0.1, 0.15) is 28.1 Å². The lowest BCUT2D eigenvalue weighted by molar-refractivity contribution is 0.0488. The van der Waals surface area contributed by atoms with Crippen molar-refractivity contribution in [3.8, 4) is 0 Å². The van der Waals surface area contributed by atoms with Crippen LogP contribution >= 0.6 is 11.3 Å². The van der Waals surface area contributed by atoms with E-state index < -0.39 is 35.7 Å². The van der Waals surface area contributed by atoms with Gasteiger partial charge < -0.3 is 24.5 Å². The first-order valence-corrected chi connectivity index (χ1v) is 11.0. The molecule has 32 heavy (non-hydrogen) atoms. The molecule has 2 amide bonds. The van der Waals surface area contributed by atoms with Crippen LogP contribution in [0.3, 0.4) is 0 Å². The van der Waals surface area contributed by atoms with Crippen molar-refractivity contribution < 1.29 is 28.3 Å². The van der Waals surface area contributed by atoms with Crippen LogP contribution in [-0.2, 0) is 9.47 Å². The van der Waals surface area contributed by atoms with E-state index in [0.717, 1.165) is 0 Å². The Morgan fingerprint density at radius 1 is 1.12 bits per heavy atom. The second-order valence-electron chi connectivity index (χ2n) is 8.58. The molecule has 0 unspecified atom stereocenters. The van der Waals surface area contributed by atoms with Gasteiger partial charge in [-0.2, -0.15) is 0 Å². The summed E-state index contributed by atoms with van der Waals surface area (Å²) in [6.45, 7) is 12.5. The first-order valence-electron chi connectivity index (χ1n) is 10.1. The Morgan fingerprint density at radius 2 is 1.78 bits per heavy atom. The van der Waals surface area contributed by atoms with Crippen molar-refractivity contribution in [2.75, 3.05) is 7.11 Å². The monoisotopic (exact) mass is 466 g/mol. The number of amides is 2. The topological polar surface area (TPSA) is 133 Å². The summed E-state index contributed by atoms with van der Waals surface area (Å²) < 4.78 is 15.5. The molecular formula is C21H30N4O6S. The van der Waals surface area contributed by atoms with Crippen LogP contribution in [0.1, 0.15) is 91.3 Å². The van der Waals surface area contributed by atoms with E-state index in [0.29, 0.717) is 10.8 Å². The zero-order valence-corrected chi connectivity index (χ0v) is 20.4. The van der Waals surface area contributed by atoms with Gasteiger partial charge in [-0.05, 0) is 40.5 Å². The lowest BCUT2D eigenvalue weighted by Crippen LogP contribution is -2.36. The van der Waals surface area contributed by atoms with Crippen LogP contribution in [-0.4, -0.2) is 40.6 Å². The Morgan fingerprint density at radius 3 is 2.34 bits per heavy atom. The molecule has 2 atom stereocenters. The van der Waals surface area contributed by atoms with Crippen molar-refractivity contribution >= 4 is 29.3 Å². The van der Waals surface area contributed by atoms with Gasteiger partial charge in [0, 0.05) is 5.38 Å². The highest BCUT2D eigenvalue weighted by atomic mass is 32.1. The summed E-state index contributed by atoms with van der Waals surface area (Å²) in [5.74, 6) is -0.543. The van der Waals surface area contributed by atoms with Crippen molar-refractivity contribution in [3.05, 3.63) is 33.4 Å². The molecule has 2 heterocycles. The van der Waals surface area contributed by atoms with E-state index in [4.69, 9.17) is 9.15 Å². The van der Waals surface area contributed by atoms with Gasteiger partial charge in [-0.3, -0.25) is 4.79 Å². The molecule has 11 heteroatoms. The van der Waals surface area contributed by atoms with Gasteiger partial charge in [-0.15, -0.1) is 11.3 Å². The van der Waals surface area contributed by atoms with Gasteiger partial charge in [-0.1, -0.05) is 13.8 Å². The zero-order chi connectivity index (χ0) is 24.2. The third-order valence-corrected chi connectivity index (χ3v) is 5.20. The van der Waals surface area contributed by atoms with Crippen molar-refractivity contribution in [1.29, 1.82) is 0 Å². The minimum absolute atomic E-state index is 0.0236. The Bertz CT molecular complexity index is 975. The molecule has 2 N–H and O–H groups in total. The van der Waals surface area contributed by atoms with Gasteiger partial charge in [-0.25, -0.2) is 19.6 Å². The third kappa shape index (κ3) is 6.52. The molecule has 0 aliphatic heterocycles. The maximum absolute atomic E-state index is 12.7. The number of rotatable bonds is 7. The normalized spacial score (nSPS) is 13.4. The number of methoxy groups -OCH3 is 1. The Balaban J connectivity index is 2.10. The first kappa shape index (κ1) is 25.3. The molecule has 176 valence electrons. The van der Waals surface area contributed by atoms with Crippen molar-refractivity contribution in [2.45, 2.75) is 66.2 Å². The van der Waals surface area contributed by atoms with E-state index in [2.05, 4.69) is 25.3 Å². The van der Waals surface area contributed by atoms with E-state index in [1.54, 1.807) is 40.0 Å². The number of thiazole rings is 1. The van der Waals surface area contributed by atoms with Gasteiger partial charge in [0.25, 0.3) is 5.91 Å². The highest BCUT2D eigenvalue weighted by molar-refractivity contribution is 7.09. The molecule has 2 aromatic rings. The molecule has 0 radical (unpaired) electrons. The van der Waals surface area contributed by atoms with Crippen LogP contribution in [0.2, 0.25) is 0 Å². The summed E-state index contributed by atoms with van der Waals surface area (Å²) in [4.78, 5) is 45.1. The lowest BCUT2D eigenvalue weighted by atomic mass is 10.1. The van der Waals surface area contributed by atoms with Crippen LogP contribution in [0.4, 0.5) is 4.79 Å². The number of carbonyl (C=O) groups excluding carboxylic acids is 3. The number of aromatic nitrogens is 2. The van der Waals surface area contributed by atoms with Crippen LogP contribution in [0.25, 0.3) is 0 Å². The Kier molecular flexibility index (Phi) is 8.00. The van der Waals surface area contributed by atoms with Gasteiger partial charge >= 0.3 is 12.1 Å². The van der Waals surface area contributed by atoms with Crippen LogP contribution in [0.15, 0.2) is 9.80 Å². The summed E-state index contributed by atoms with van der Waals surface area (Å²) in [6.07, 6.45) is -0.549. The average Bonchev–Trinajstić information content (AvgIpc) is 3.31. The minimum atomic E-state index is -0.623. The molecule has 0 fully saturated rings. The smallest absolute Gasteiger partial charge is 0.408 e. The number of ether oxygens (including phenoxy) is 2. The zero-order valence-electron chi connectivity index (χ0n) is 19.6. The summed E-state index contributed by atoms with van der Waals surface area (Å²) >= 11 is 1.27. The first-order chi connectivity index (χ1) is 14.8. The molecular weight excluding hydrogens is 436 g/mol. The number of aryl methyl sites for hydroxylation is 1. The quantitative estimate of drug-likeness (QED) is 0.586. The number of oxazole rings is 1. The van der Waals surface area contributed by atoms with Gasteiger partial charge in [0.15, 0.2) is 5.69 Å². The van der Waals surface area contributed by atoms with Crippen molar-refractivity contribution in [2.24, 2.45) is 5.92 Å². The van der Waals surface area contributed by atoms with E-state index in [1.807, 2.05) is 13.8 Å². The number of esters is 1. The number of hydrogen-bond acceptors (Lipinski definition) is 9. The lowest BCUT2D eigenvalue weighted by Gasteiger charge is -2.24. The fraction of sp³-hybridized carbons (Fsp3) is 0.571. The fourth-order valence-corrected chi connectivity index (χ4v) is 3.72. The van der Waals surface area contributed by atoms with Crippen LogP contribution in [0.5, 0.6) is 0 Å². The van der Waals surface area contributed by atoms with E-state index >= 15 is 0 Å². The maximum atomic E-state index is 12.7. The molecule has 0 aliphatic carbocycles. The Hall–Kier alpha value is -2.95. The van der Waals surface area contributed by atoms with Gasteiger partial charge in [0.05, 0.1) is 13.2 Å². The molecule has 0 aromatic carbocycles. The van der Waals surface area contributed by atoms with Crippen LogP contribution in [0, 0.1) is 12.8 Å². The molecule has 0 bridgehead atoms. The number of nitrogens with zero attached hydrogens (tertiary/aromatic N) is 2. The van der Waals surface area contributed by atoms with Crippen molar-refractivity contribution in [1.82, 2.24) is 20.6 Å². The van der Waals surface area contributed by atoms with E-state index in [-0.39, 0.29) is 23.2 Å². The standard InChI is InChI=1S/C21H30N4O6S/c1-10(2)14(25-20(28)31-21(5,6)7)18-23-13(9-32-18)16(26)22-11(3)17-24-15(12(4)30-17)19(27)29-8/h9-11,14H,1-8H3,(H,22,26)(H,25,28)/t11-,14+/m0/s1. The molecule has 0 saturated carbocycles. The summed E-state index contributed by atoms with van der Waals surface area (Å²) in [7, 11) is 1.25. The molecule has 0 aliphatic rings. The predicted octanol–water partition coefficient (Wildman–Crippen LogP) is 3.94. The molecule has 0 spiro atoms. The highest BCUT2D eigenvalue weighted by Crippen LogP contribution is 2.26. The number of nitrogens with one attached hydrogen (secondary N) is 2. The summed E-state index contributed by atoms with van der Waals surface area (Å²) in [5.41, 5.74) is -0.362. The molecule has 0 saturated heterocycles. The molecule has 10 nitrogen and oxygen atoms in total. The maximum Gasteiger partial charge on any atom is 0.408 e.